The molecule has 0 spiro atoms. The van der Waals surface area contributed by atoms with Gasteiger partial charge in [-0.25, -0.2) is 0 Å². The van der Waals surface area contributed by atoms with E-state index in [1.807, 2.05) is 18.2 Å². The fourth-order valence-electron chi connectivity index (χ4n) is 2.91. The van der Waals surface area contributed by atoms with Crippen molar-refractivity contribution in [1.82, 2.24) is 5.32 Å². The van der Waals surface area contributed by atoms with Crippen LogP contribution in [0.25, 0.3) is 0 Å². The number of nitrogens with one attached hydrogen (secondary N) is 2. The second-order valence-electron chi connectivity index (χ2n) is 5.93. The third kappa shape index (κ3) is 4.97. The zero-order chi connectivity index (χ0) is 15.9. The van der Waals surface area contributed by atoms with E-state index in [1.54, 1.807) is 0 Å². The molecular weight excluding hydrogens is 312 g/mol. The minimum atomic E-state index is 0.280. The van der Waals surface area contributed by atoms with Crippen LogP contribution < -0.4 is 20.1 Å². The van der Waals surface area contributed by atoms with Crippen LogP contribution in [-0.2, 0) is 4.74 Å². The Labute approximate surface area is 142 Å². The predicted octanol–water partition coefficient (Wildman–Crippen LogP) is 3.44. The van der Waals surface area contributed by atoms with Crippen molar-refractivity contribution in [2.45, 2.75) is 44.6 Å². The molecule has 0 atom stereocenters. The molecule has 23 heavy (non-hydrogen) atoms. The first-order valence-electron chi connectivity index (χ1n) is 8.37. The highest BCUT2D eigenvalue weighted by Crippen LogP contribution is 2.34. The minimum absolute atomic E-state index is 0.280. The fraction of sp³-hybridized carbons (Fsp3) is 0.588. The highest BCUT2D eigenvalue weighted by Gasteiger charge is 2.14. The van der Waals surface area contributed by atoms with Gasteiger partial charge in [0.2, 0.25) is 6.79 Å². The Hall–Kier alpha value is -1.53. The van der Waals surface area contributed by atoms with E-state index in [4.69, 9.17) is 26.4 Å². The van der Waals surface area contributed by atoms with Crippen molar-refractivity contribution < 1.29 is 14.2 Å². The standard InChI is InChI=1S/C17H24N2O3S/c23-17(18-9-4-10-20-14-5-2-1-3-6-14)19-13-7-8-15-16(11-13)22-12-21-15/h7-8,11,14H,1-6,9-10,12H2,(H2,18,19,23). The highest BCUT2D eigenvalue weighted by molar-refractivity contribution is 7.80. The van der Waals surface area contributed by atoms with Gasteiger partial charge in [0.15, 0.2) is 16.6 Å². The van der Waals surface area contributed by atoms with Gasteiger partial charge in [-0.1, -0.05) is 19.3 Å². The molecular formula is C17H24N2O3S. The number of thiocarbonyl (C=S) groups is 1. The first-order chi connectivity index (χ1) is 11.3. The Kier molecular flexibility index (Phi) is 5.93. The Morgan fingerprint density at radius 3 is 2.87 bits per heavy atom. The van der Waals surface area contributed by atoms with Crippen LogP contribution in [0.5, 0.6) is 11.5 Å². The van der Waals surface area contributed by atoms with E-state index in [1.165, 1.54) is 32.1 Å². The number of benzene rings is 1. The molecule has 1 heterocycles. The summed E-state index contributed by atoms with van der Waals surface area (Å²) in [5.41, 5.74) is 0.894. The van der Waals surface area contributed by atoms with Crippen molar-refractivity contribution in [3.8, 4) is 11.5 Å². The first kappa shape index (κ1) is 16.3. The van der Waals surface area contributed by atoms with Crippen LogP contribution >= 0.6 is 12.2 Å². The lowest BCUT2D eigenvalue weighted by molar-refractivity contribution is 0.0277. The Bertz CT molecular complexity index is 533. The highest BCUT2D eigenvalue weighted by atomic mass is 32.1. The van der Waals surface area contributed by atoms with Crippen LogP contribution in [0.2, 0.25) is 0 Å². The van der Waals surface area contributed by atoms with Gasteiger partial charge in [0, 0.05) is 24.9 Å². The second-order valence-corrected chi connectivity index (χ2v) is 6.34. The third-order valence-electron chi connectivity index (χ3n) is 4.14. The molecule has 126 valence electrons. The van der Waals surface area contributed by atoms with Crippen molar-refractivity contribution in [2.24, 2.45) is 0 Å². The summed E-state index contributed by atoms with van der Waals surface area (Å²) in [7, 11) is 0. The molecule has 1 aliphatic carbocycles. The maximum absolute atomic E-state index is 5.90. The van der Waals surface area contributed by atoms with Crippen molar-refractivity contribution in [3.63, 3.8) is 0 Å². The first-order valence-corrected chi connectivity index (χ1v) is 8.78. The lowest BCUT2D eigenvalue weighted by atomic mass is 9.98. The molecule has 0 unspecified atom stereocenters. The summed E-state index contributed by atoms with van der Waals surface area (Å²) in [6, 6.07) is 5.70. The summed E-state index contributed by atoms with van der Waals surface area (Å²) in [6.45, 7) is 1.88. The maximum Gasteiger partial charge on any atom is 0.231 e. The number of anilines is 1. The van der Waals surface area contributed by atoms with Gasteiger partial charge in [-0.15, -0.1) is 0 Å². The molecule has 1 fully saturated rings. The summed E-state index contributed by atoms with van der Waals surface area (Å²) in [6.07, 6.45) is 7.86. The average Bonchev–Trinajstić information content (AvgIpc) is 3.03. The SMILES string of the molecule is S=C(NCCCOC1CCCCC1)Nc1ccc2c(c1)OCO2. The molecule has 0 radical (unpaired) electrons. The van der Waals surface area contributed by atoms with Crippen LogP contribution in [0.1, 0.15) is 38.5 Å². The van der Waals surface area contributed by atoms with E-state index >= 15 is 0 Å². The van der Waals surface area contributed by atoms with E-state index in [9.17, 15) is 0 Å². The van der Waals surface area contributed by atoms with E-state index in [0.717, 1.165) is 36.8 Å². The van der Waals surface area contributed by atoms with Crippen LogP contribution in [-0.4, -0.2) is 31.2 Å². The molecule has 1 aliphatic heterocycles. The molecule has 2 aliphatic rings. The van der Waals surface area contributed by atoms with Gasteiger partial charge < -0.3 is 24.8 Å². The Balaban J connectivity index is 1.30. The largest absolute Gasteiger partial charge is 0.454 e. The number of hydrogen-bond acceptors (Lipinski definition) is 4. The molecule has 0 saturated heterocycles. The maximum atomic E-state index is 5.90. The predicted molar refractivity (Wildman–Crippen MR) is 94.2 cm³/mol. The van der Waals surface area contributed by atoms with Gasteiger partial charge in [-0.05, 0) is 43.6 Å². The molecule has 1 aromatic rings. The molecule has 1 aromatic carbocycles. The topological polar surface area (TPSA) is 51.8 Å². The van der Waals surface area contributed by atoms with Crippen molar-refractivity contribution in [3.05, 3.63) is 18.2 Å². The van der Waals surface area contributed by atoms with Crippen molar-refractivity contribution >= 4 is 23.0 Å². The minimum Gasteiger partial charge on any atom is -0.454 e. The summed E-state index contributed by atoms with van der Waals surface area (Å²) in [4.78, 5) is 0. The number of rotatable bonds is 6. The normalized spacial score (nSPS) is 17.0. The van der Waals surface area contributed by atoms with E-state index in [-0.39, 0.29) is 6.79 Å². The monoisotopic (exact) mass is 336 g/mol. The van der Waals surface area contributed by atoms with Gasteiger partial charge in [0.05, 0.1) is 6.10 Å². The number of hydrogen-bond donors (Lipinski definition) is 2. The summed E-state index contributed by atoms with van der Waals surface area (Å²) < 4.78 is 16.5. The lowest BCUT2D eigenvalue weighted by Gasteiger charge is -2.22. The molecule has 0 bridgehead atoms. The van der Waals surface area contributed by atoms with Crippen LogP contribution in [0.3, 0.4) is 0 Å². The smallest absolute Gasteiger partial charge is 0.231 e. The van der Waals surface area contributed by atoms with Crippen molar-refractivity contribution in [1.29, 1.82) is 0 Å². The van der Waals surface area contributed by atoms with Crippen LogP contribution in [0.15, 0.2) is 18.2 Å². The van der Waals surface area contributed by atoms with Gasteiger partial charge in [-0.2, -0.15) is 0 Å². The third-order valence-corrected chi connectivity index (χ3v) is 4.39. The zero-order valence-corrected chi connectivity index (χ0v) is 14.1. The molecule has 5 nitrogen and oxygen atoms in total. The fourth-order valence-corrected chi connectivity index (χ4v) is 3.13. The van der Waals surface area contributed by atoms with E-state index in [2.05, 4.69) is 10.6 Å². The van der Waals surface area contributed by atoms with Crippen LogP contribution in [0, 0.1) is 0 Å². The van der Waals surface area contributed by atoms with Crippen molar-refractivity contribution in [2.75, 3.05) is 25.3 Å². The average molecular weight is 336 g/mol. The molecule has 3 rings (SSSR count). The molecule has 0 amide bonds. The molecule has 1 saturated carbocycles. The van der Waals surface area contributed by atoms with Gasteiger partial charge >= 0.3 is 0 Å². The van der Waals surface area contributed by atoms with Gasteiger partial charge in [-0.3, -0.25) is 0 Å². The second kappa shape index (κ2) is 8.36. The molecule has 2 N–H and O–H groups in total. The van der Waals surface area contributed by atoms with Gasteiger partial charge in [0.1, 0.15) is 0 Å². The lowest BCUT2D eigenvalue weighted by Crippen LogP contribution is -2.30. The summed E-state index contributed by atoms with van der Waals surface area (Å²) in [5.74, 6) is 1.52. The zero-order valence-electron chi connectivity index (χ0n) is 13.3. The summed E-state index contributed by atoms with van der Waals surface area (Å²) in [5, 5.41) is 6.97. The number of fused-ring (bicyclic) bond motifs is 1. The molecule has 6 heteroatoms. The van der Waals surface area contributed by atoms with E-state index < -0.39 is 0 Å². The number of ether oxygens (including phenoxy) is 3. The van der Waals surface area contributed by atoms with Gasteiger partial charge in [0.25, 0.3) is 0 Å². The molecule has 0 aromatic heterocycles. The Morgan fingerprint density at radius 2 is 2.00 bits per heavy atom. The van der Waals surface area contributed by atoms with E-state index in [0.29, 0.717) is 11.2 Å². The Morgan fingerprint density at radius 1 is 1.17 bits per heavy atom. The quantitative estimate of drug-likeness (QED) is 0.613. The summed E-state index contributed by atoms with van der Waals surface area (Å²) >= 11 is 5.30. The van der Waals surface area contributed by atoms with Crippen LogP contribution in [0.4, 0.5) is 5.69 Å².